The second kappa shape index (κ2) is 7.17. The molecule has 1 saturated heterocycles. The maximum absolute atomic E-state index is 10.9. The lowest BCUT2D eigenvalue weighted by Crippen LogP contribution is -2.44. The number of fused-ring (bicyclic) bond motifs is 1. The second-order valence-electron chi connectivity index (χ2n) is 6.86. The molecular formula is C21H25NO4. The summed E-state index contributed by atoms with van der Waals surface area (Å²) < 4.78 is 17.0. The van der Waals surface area contributed by atoms with Gasteiger partial charge in [-0.1, -0.05) is 24.3 Å². The highest BCUT2D eigenvalue weighted by Gasteiger charge is 2.35. The number of hydrogen-bond acceptors (Lipinski definition) is 5. The Labute approximate surface area is 154 Å². The minimum atomic E-state index is -0.516. The number of ether oxygens (including phenoxy) is 3. The van der Waals surface area contributed by atoms with Crippen molar-refractivity contribution in [2.45, 2.75) is 25.0 Å². The van der Waals surface area contributed by atoms with E-state index in [1.54, 1.807) is 14.2 Å². The first-order valence-electron chi connectivity index (χ1n) is 9.13. The fourth-order valence-corrected chi connectivity index (χ4v) is 4.04. The van der Waals surface area contributed by atoms with Gasteiger partial charge in [-0.15, -0.1) is 0 Å². The molecule has 138 valence electrons. The van der Waals surface area contributed by atoms with Crippen LogP contribution >= 0.6 is 0 Å². The van der Waals surface area contributed by atoms with Gasteiger partial charge in [0.15, 0.2) is 11.5 Å². The molecule has 26 heavy (non-hydrogen) atoms. The number of para-hydroxylation sites is 1. The van der Waals surface area contributed by atoms with Gasteiger partial charge in [-0.25, -0.2) is 0 Å². The molecule has 5 heteroatoms. The molecule has 0 unspecified atom stereocenters. The van der Waals surface area contributed by atoms with Gasteiger partial charge in [-0.2, -0.15) is 0 Å². The molecule has 2 aromatic carbocycles. The van der Waals surface area contributed by atoms with Crippen LogP contribution in [0.4, 0.5) is 0 Å². The van der Waals surface area contributed by atoms with Gasteiger partial charge in [0.2, 0.25) is 0 Å². The van der Waals surface area contributed by atoms with Crippen molar-refractivity contribution in [3.8, 4) is 28.4 Å². The van der Waals surface area contributed by atoms with Crippen molar-refractivity contribution in [3.05, 3.63) is 42.0 Å². The molecule has 1 fully saturated rings. The molecule has 4 rings (SSSR count). The fourth-order valence-electron chi connectivity index (χ4n) is 4.04. The van der Waals surface area contributed by atoms with E-state index in [9.17, 15) is 5.11 Å². The quantitative estimate of drug-likeness (QED) is 0.912. The molecule has 0 radical (unpaired) electrons. The number of aliphatic hydroxyl groups excluding tert-OH is 1. The molecule has 2 heterocycles. The number of methoxy groups -OCH3 is 2. The smallest absolute Gasteiger partial charge is 0.168 e. The maximum Gasteiger partial charge on any atom is 0.168 e. The Balaban J connectivity index is 1.67. The van der Waals surface area contributed by atoms with E-state index in [-0.39, 0.29) is 6.04 Å². The van der Waals surface area contributed by atoms with Crippen molar-refractivity contribution in [1.82, 2.24) is 4.90 Å². The van der Waals surface area contributed by atoms with Gasteiger partial charge in [0, 0.05) is 11.1 Å². The Morgan fingerprint density at radius 1 is 1.08 bits per heavy atom. The van der Waals surface area contributed by atoms with Crippen LogP contribution in [0.2, 0.25) is 0 Å². The lowest BCUT2D eigenvalue weighted by molar-refractivity contribution is 0.0140. The molecule has 5 nitrogen and oxygen atoms in total. The van der Waals surface area contributed by atoms with Crippen LogP contribution in [-0.4, -0.2) is 50.0 Å². The van der Waals surface area contributed by atoms with Gasteiger partial charge in [0.25, 0.3) is 0 Å². The van der Waals surface area contributed by atoms with Crippen molar-refractivity contribution in [3.63, 3.8) is 0 Å². The van der Waals surface area contributed by atoms with Crippen molar-refractivity contribution < 1.29 is 19.3 Å². The molecule has 0 spiro atoms. The summed E-state index contributed by atoms with van der Waals surface area (Å²) >= 11 is 0. The topological polar surface area (TPSA) is 51.2 Å². The Morgan fingerprint density at radius 2 is 1.88 bits per heavy atom. The lowest BCUT2D eigenvalue weighted by atomic mass is 9.94. The van der Waals surface area contributed by atoms with E-state index in [0.717, 1.165) is 35.5 Å². The summed E-state index contributed by atoms with van der Waals surface area (Å²) in [5.41, 5.74) is 2.78. The average molecular weight is 355 g/mol. The number of aliphatic hydroxyl groups is 1. The van der Waals surface area contributed by atoms with E-state index in [0.29, 0.717) is 18.1 Å². The van der Waals surface area contributed by atoms with E-state index in [2.05, 4.69) is 4.90 Å². The number of rotatable bonds is 4. The summed E-state index contributed by atoms with van der Waals surface area (Å²) in [4.78, 5) is 2.34. The highest BCUT2D eigenvalue weighted by atomic mass is 16.5. The van der Waals surface area contributed by atoms with E-state index >= 15 is 0 Å². The third-order valence-corrected chi connectivity index (χ3v) is 5.43. The first-order chi connectivity index (χ1) is 12.7. The SMILES string of the molecule is COc1cccc(-c2ccc3c(c2)OC[C@@H](N2CCCC2)[C@@H]3O)c1OC. The van der Waals surface area contributed by atoms with E-state index in [1.165, 1.54) is 12.8 Å². The second-order valence-corrected chi connectivity index (χ2v) is 6.86. The van der Waals surface area contributed by atoms with Gasteiger partial charge >= 0.3 is 0 Å². The molecule has 0 saturated carbocycles. The molecule has 2 atom stereocenters. The largest absolute Gasteiger partial charge is 0.493 e. The minimum absolute atomic E-state index is 0.0437. The third kappa shape index (κ3) is 2.91. The van der Waals surface area contributed by atoms with Crippen molar-refractivity contribution in [1.29, 1.82) is 0 Å². The van der Waals surface area contributed by atoms with E-state index in [1.807, 2.05) is 36.4 Å². The Morgan fingerprint density at radius 3 is 2.62 bits per heavy atom. The summed E-state index contributed by atoms with van der Waals surface area (Å²) in [5.74, 6) is 2.13. The fraction of sp³-hybridized carbons (Fsp3) is 0.429. The normalized spacial score (nSPS) is 22.6. The summed E-state index contributed by atoms with van der Waals surface area (Å²) in [5, 5.41) is 10.9. The monoisotopic (exact) mass is 355 g/mol. The molecule has 0 aromatic heterocycles. The highest BCUT2D eigenvalue weighted by molar-refractivity contribution is 5.75. The molecule has 2 aliphatic rings. The van der Waals surface area contributed by atoms with Crippen LogP contribution in [0.25, 0.3) is 11.1 Å². The number of nitrogens with zero attached hydrogens (tertiary/aromatic N) is 1. The standard InChI is InChI=1S/C21H25NO4/c1-24-18-7-5-6-15(21(18)25-2)14-8-9-16-19(12-14)26-13-17(20(16)23)22-10-3-4-11-22/h5-9,12,17,20,23H,3-4,10-11,13H2,1-2H3/t17-,20-/m1/s1. The first kappa shape index (κ1) is 17.2. The first-order valence-corrected chi connectivity index (χ1v) is 9.13. The zero-order chi connectivity index (χ0) is 18.1. The van der Waals surface area contributed by atoms with Gasteiger partial charge in [-0.05, 0) is 43.6 Å². The van der Waals surface area contributed by atoms with Gasteiger partial charge in [0.1, 0.15) is 18.5 Å². The molecule has 0 aliphatic carbocycles. The number of likely N-dealkylation sites (tertiary alicyclic amines) is 1. The van der Waals surface area contributed by atoms with Gasteiger partial charge in [0.05, 0.1) is 20.3 Å². The van der Waals surface area contributed by atoms with E-state index < -0.39 is 6.10 Å². The molecule has 0 bridgehead atoms. The van der Waals surface area contributed by atoms with Crippen molar-refractivity contribution >= 4 is 0 Å². The summed E-state index contributed by atoms with van der Waals surface area (Å²) in [6.07, 6.45) is 1.88. The van der Waals surface area contributed by atoms with Crippen LogP contribution in [-0.2, 0) is 0 Å². The number of hydrogen-bond donors (Lipinski definition) is 1. The predicted octanol–water partition coefficient (Wildman–Crippen LogP) is 3.26. The predicted molar refractivity (Wildman–Crippen MR) is 100 cm³/mol. The third-order valence-electron chi connectivity index (χ3n) is 5.43. The van der Waals surface area contributed by atoms with Crippen LogP contribution in [0.3, 0.4) is 0 Å². The van der Waals surface area contributed by atoms with Crippen molar-refractivity contribution in [2.24, 2.45) is 0 Å². The summed E-state index contributed by atoms with van der Waals surface area (Å²) in [7, 11) is 3.27. The van der Waals surface area contributed by atoms with Crippen LogP contribution in [0.5, 0.6) is 17.2 Å². The van der Waals surface area contributed by atoms with Crippen LogP contribution in [0.15, 0.2) is 36.4 Å². The zero-order valence-corrected chi connectivity index (χ0v) is 15.3. The molecule has 1 N–H and O–H groups in total. The molecule has 0 amide bonds. The van der Waals surface area contributed by atoms with Gasteiger partial charge in [-0.3, -0.25) is 4.90 Å². The van der Waals surface area contributed by atoms with Crippen molar-refractivity contribution in [2.75, 3.05) is 33.9 Å². The summed E-state index contributed by atoms with van der Waals surface area (Å²) in [6, 6.07) is 11.8. The minimum Gasteiger partial charge on any atom is -0.493 e. The zero-order valence-electron chi connectivity index (χ0n) is 15.3. The summed E-state index contributed by atoms with van der Waals surface area (Å²) in [6.45, 7) is 2.60. The van der Waals surface area contributed by atoms with Gasteiger partial charge < -0.3 is 19.3 Å². The maximum atomic E-state index is 10.9. The Bertz CT molecular complexity index is 786. The lowest BCUT2D eigenvalue weighted by Gasteiger charge is -2.36. The highest BCUT2D eigenvalue weighted by Crippen LogP contribution is 2.42. The van der Waals surface area contributed by atoms with E-state index in [4.69, 9.17) is 14.2 Å². The van der Waals surface area contributed by atoms with Crippen LogP contribution < -0.4 is 14.2 Å². The Hall–Kier alpha value is -2.24. The Kier molecular flexibility index (Phi) is 4.74. The number of benzene rings is 2. The molecule has 2 aromatic rings. The van der Waals surface area contributed by atoms with Crippen LogP contribution in [0, 0.1) is 0 Å². The molecule has 2 aliphatic heterocycles. The van der Waals surface area contributed by atoms with Crippen LogP contribution in [0.1, 0.15) is 24.5 Å². The molecular weight excluding hydrogens is 330 g/mol. The average Bonchev–Trinajstić information content (AvgIpc) is 3.21.